The molecular formula is C21H21N2O5S2+. The zero-order valence-corrected chi connectivity index (χ0v) is 18.0. The van der Waals surface area contributed by atoms with Gasteiger partial charge in [0.1, 0.15) is 11.1 Å². The van der Waals surface area contributed by atoms with Gasteiger partial charge in [0.15, 0.2) is 29.7 Å². The molecule has 0 unspecified atom stereocenters. The normalized spacial score (nSPS) is 21.3. The van der Waals surface area contributed by atoms with E-state index in [9.17, 15) is 19.8 Å². The predicted molar refractivity (Wildman–Crippen MR) is 113 cm³/mol. The number of aliphatic hydroxyl groups is 1. The molecule has 2 aliphatic heterocycles. The average molecular weight is 446 g/mol. The number of pyridine rings is 1. The summed E-state index contributed by atoms with van der Waals surface area (Å²) >= 11 is 2.84. The SMILES string of the molecule is CSc1ccc[n+](Cc2ccc(OC3=C(C(=O)O)N4C(=O)[C@H]([C@@H](C)O)[C@H]4S3)cc2)c1. The number of hydrogen-bond acceptors (Lipinski definition) is 6. The largest absolute Gasteiger partial charge is 0.476 e. The Morgan fingerprint density at radius 3 is 2.70 bits per heavy atom. The van der Waals surface area contributed by atoms with E-state index in [0.717, 1.165) is 17.3 Å². The standard InChI is InChI=1S/C21H20N2O5S2/c1-12(24)16-18(25)23-17(20(26)27)21(30-19(16)23)28-14-7-5-13(6-8-14)10-22-9-3-4-15(11-22)29-2/h3-9,11-12,16,19,24H,10H2,1-2H3/p+1/t12-,16+,19-/m1/s1. The van der Waals surface area contributed by atoms with Crippen LogP contribution in [0, 0.1) is 5.92 Å². The zero-order chi connectivity index (χ0) is 21.4. The third-order valence-electron chi connectivity index (χ3n) is 5.03. The molecule has 0 aliphatic carbocycles. The number of aliphatic hydroxyl groups excluding tert-OH is 1. The minimum atomic E-state index is -1.22. The lowest BCUT2D eigenvalue weighted by Crippen LogP contribution is -2.60. The molecule has 0 radical (unpaired) electrons. The summed E-state index contributed by atoms with van der Waals surface area (Å²) in [5, 5.41) is 19.1. The molecule has 1 fully saturated rings. The lowest BCUT2D eigenvalue weighted by molar-refractivity contribution is -0.690. The van der Waals surface area contributed by atoms with Crippen LogP contribution in [0.5, 0.6) is 5.75 Å². The highest BCUT2D eigenvalue weighted by atomic mass is 32.2. The molecule has 4 rings (SSSR count). The van der Waals surface area contributed by atoms with Crippen molar-refractivity contribution in [2.24, 2.45) is 5.92 Å². The Morgan fingerprint density at radius 1 is 1.33 bits per heavy atom. The first kappa shape index (κ1) is 20.8. The van der Waals surface area contributed by atoms with E-state index in [-0.39, 0.29) is 10.8 Å². The predicted octanol–water partition coefficient (Wildman–Crippen LogP) is 2.29. The van der Waals surface area contributed by atoms with E-state index in [4.69, 9.17) is 4.74 Å². The van der Waals surface area contributed by atoms with Crippen molar-refractivity contribution in [3.63, 3.8) is 0 Å². The van der Waals surface area contributed by atoms with E-state index < -0.39 is 29.3 Å². The third-order valence-corrected chi connectivity index (χ3v) is 6.98. The van der Waals surface area contributed by atoms with Crippen LogP contribution in [0.4, 0.5) is 0 Å². The van der Waals surface area contributed by atoms with E-state index in [1.807, 2.05) is 30.7 Å². The third kappa shape index (κ3) is 3.80. The number of fused-ring (bicyclic) bond motifs is 1. The second kappa shape index (κ2) is 8.33. The molecule has 2 aromatic rings. The second-order valence-corrected chi connectivity index (χ2v) is 9.06. The van der Waals surface area contributed by atoms with Gasteiger partial charge >= 0.3 is 5.97 Å². The van der Waals surface area contributed by atoms with Gasteiger partial charge in [0, 0.05) is 11.6 Å². The van der Waals surface area contributed by atoms with Crippen LogP contribution in [0.3, 0.4) is 0 Å². The minimum Gasteiger partial charge on any atom is -0.476 e. The van der Waals surface area contributed by atoms with Crippen molar-refractivity contribution in [2.45, 2.75) is 29.8 Å². The first-order valence-electron chi connectivity index (χ1n) is 9.34. The fraction of sp³-hybridized carbons (Fsp3) is 0.286. The number of carbonyl (C=O) groups excluding carboxylic acids is 1. The lowest BCUT2D eigenvalue weighted by atomic mass is 9.92. The highest BCUT2D eigenvalue weighted by molar-refractivity contribution is 8.03. The fourth-order valence-electron chi connectivity index (χ4n) is 3.52. The van der Waals surface area contributed by atoms with E-state index >= 15 is 0 Å². The van der Waals surface area contributed by atoms with Gasteiger partial charge in [-0.1, -0.05) is 11.8 Å². The Kier molecular flexibility index (Phi) is 5.77. The number of aliphatic carboxylic acids is 1. The maximum atomic E-state index is 12.3. The summed E-state index contributed by atoms with van der Waals surface area (Å²) in [6.45, 7) is 2.23. The highest BCUT2D eigenvalue weighted by Gasteiger charge is 2.58. The molecule has 1 aromatic heterocycles. The van der Waals surface area contributed by atoms with E-state index in [1.165, 1.54) is 16.7 Å². The number of nitrogens with zero attached hydrogens (tertiary/aromatic N) is 2. The topological polar surface area (TPSA) is 91.0 Å². The van der Waals surface area contributed by atoms with Crippen molar-refractivity contribution < 1.29 is 29.1 Å². The first-order valence-corrected chi connectivity index (χ1v) is 11.4. The number of carboxylic acids is 1. The van der Waals surface area contributed by atoms with Crippen molar-refractivity contribution in [1.82, 2.24) is 4.90 Å². The Labute approximate surface area is 182 Å². The number of ether oxygens (including phenoxy) is 1. The van der Waals surface area contributed by atoms with Crippen LogP contribution in [0.1, 0.15) is 12.5 Å². The van der Waals surface area contributed by atoms with Gasteiger partial charge in [0.2, 0.25) is 5.91 Å². The monoisotopic (exact) mass is 445 g/mol. The molecule has 3 atom stereocenters. The number of thioether (sulfide) groups is 2. The van der Waals surface area contributed by atoms with Gasteiger partial charge in [0.05, 0.1) is 16.9 Å². The van der Waals surface area contributed by atoms with Gasteiger partial charge in [-0.25, -0.2) is 4.79 Å². The number of rotatable bonds is 7. The van der Waals surface area contributed by atoms with Crippen molar-refractivity contribution in [2.75, 3.05) is 6.26 Å². The average Bonchev–Trinajstić information content (AvgIpc) is 3.03. The number of hydrogen-bond donors (Lipinski definition) is 2. The molecule has 0 saturated carbocycles. The zero-order valence-electron chi connectivity index (χ0n) is 16.4. The molecule has 7 nitrogen and oxygen atoms in total. The van der Waals surface area contributed by atoms with Gasteiger partial charge in [0.25, 0.3) is 0 Å². The molecule has 3 heterocycles. The maximum Gasteiger partial charge on any atom is 0.357 e. The Hall–Kier alpha value is -2.49. The maximum absolute atomic E-state index is 12.3. The summed E-state index contributed by atoms with van der Waals surface area (Å²) in [5.74, 6) is -1.74. The summed E-state index contributed by atoms with van der Waals surface area (Å²) in [6, 6.07) is 11.5. The molecule has 30 heavy (non-hydrogen) atoms. The van der Waals surface area contributed by atoms with Gasteiger partial charge in [-0.3, -0.25) is 9.69 Å². The molecule has 9 heteroatoms. The summed E-state index contributed by atoms with van der Waals surface area (Å²) in [6.07, 6.45) is 5.27. The van der Waals surface area contributed by atoms with Gasteiger partial charge in [-0.2, -0.15) is 4.57 Å². The number of benzene rings is 1. The smallest absolute Gasteiger partial charge is 0.357 e. The molecular weight excluding hydrogens is 424 g/mol. The van der Waals surface area contributed by atoms with Crippen LogP contribution in [-0.2, 0) is 16.1 Å². The summed E-state index contributed by atoms with van der Waals surface area (Å²) < 4.78 is 7.91. The van der Waals surface area contributed by atoms with Crippen LogP contribution in [0.15, 0.2) is 64.5 Å². The quantitative estimate of drug-likeness (QED) is 0.384. The Morgan fingerprint density at radius 2 is 2.07 bits per heavy atom. The Bertz CT molecular complexity index is 1020. The summed E-state index contributed by atoms with van der Waals surface area (Å²) in [5.41, 5.74) is 0.908. The van der Waals surface area contributed by atoms with Crippen LogP contribution in [-0.4, -0.2) is 44.7 Å². The molecule has 0 bridgehead atoms. The molecule has 1 aromatic carbocycles. The molecule has 0 spiro atoms. The van der Waals surface area contributed by atoms with Crippen molar-refractivity contribution in [3.8, 4) is 5.75 Å². The Balaban J connectivity index is 1.49. The van der Waals surface area contributed by atoms with Crippen molar-refractivity contribution in [3.05, 3.63) is 65.1 Å². The number of amides is 1. The second-order valence-electron chi connectivity index (χ2n) is 7.09. The summed E-state index contributed by atoms with van der Waals surface area (Å²) in [7, 11) is 0. The minimum absolute atomic E-state index is 0.166. The molecule has 2 aliphatic rings. The van der Waals surface area contributed by atoms with E-state index in [0.29, 0.717) is 12.3 Å². The number of carbonyl (C=O) groups is 2. The van der Waals surface area contributed by atoms with Crippen LogP contribution >= 0.6 is 23.5 Å². The number of β-lactam (4-membered cyclic amide) rings is 1. The fourth-order valence-corrected chi connectivity index (χ4v) is 5.44. The van der Waals surface area contributed by atoms with Crippen molar-refractivity contribution in [1.29, 1.82) is 0 Å². The van der Waals surface area contributed by atoms with Crippen LogP contribution < -0.4 is 9.30 Å². The van der Waals surface area contributed by atoms with Crippen LogP contribution in [0.25, 0.3) is 0 Å². The molecule has 1 amide bonds. The van der Waals surface area contributed by atoms with E-state index in [1.54, 1.807) is 23.9 Å². The van der Waals surface area contributed by atoms with E-state index in [2.05, 4.69) is 16.8 Å². The number of carboxylic acid groups (broad SMARTS) is 1. The van der Waals surface area contributed by atoms with Gasteiger partial charge in [-0.05, 0) is 43.5 Å². The number of aromatic nitrogens is 1. The van der Waals surface area contributed by atoms with Crippen molar-refractivity contribution >= 4 is 35.4 Å². The van der Waals surface area contributed by atoms with Gasteiger partial charge < -0.3 is 14.9 Å². The molecule has 1 saturated heterocycles. The van der Waals surface area contributed by atoms with Crippen LogP contribution in [0.2, 0.25) is 0 Å². The first-order chi connectivity index (χ1) is 14.4. The molecule has 156 valence electrons. The highest BCUT2D eigenvalue weighted by Crippen LogP contribution is 2.50. The lowest BCUT2D eigenvalue weighted by Gasteiger charge is -2.43. The van der Waals surface area contributed by atoms with Gasteiger partial charge in [-0.15, -0.1) is 11.8 Å². The molecule has 2 N–H and O–H groups in total. The summed E-state index contributed by atoms with van der Waals surface area (Å²) in [4.78, 5) is 26.3.